The molecule has 3 aromatic rings. The number of carbonyl (C=O) groups is 4. The zero-order valence-corrected chi connectivity index (χ0v) is 19.4. The number of phenols is 1. The molecule has 1 saturated heterocycles. The molecule has 3 heterocycles. The minimum atomic E-state index is -0.668. The van der Waals surface area contributed by atoms with Gasteiger partial charge in [-0.15, -0.1) is 11.3 Å². The number of imide groups is 1. The maximum absolute atomic E-state index is 13.0. The molecule has 178 valence electrons. The molecule has 0 spiro atoms. The number of thiazole rings is 1. The summed E-state index contributed by atoms with van der Waals surface area (Å²) in [6.07, 6.45) is 2.87. The van der Waals surface area contributed by atoms with E-state index in [0.29, 0.717) is 35.6 Å². The van der Waals surface area contributed by atoms with Crippen molar-refractivity contribution in [3.05, 3.63) is 75.8 Å². The third kappa shape index (κ3) is 4.92. The minimum Gasteiger partial charge on any atom is -0.508 e. The molecule has 1 fully saturated rings. The van der Waals surface area contributed by atoms with E-state index in [-0.39, 0.29) is 36.3 Å². The lowest BCUT2D eigenvalue weighted by atomic mass is 10.0. The topological polar surface area (TPSA) is 129 Å². The molecule has 2 aliphatic heterocycles. The van der Waals surface area contributed by atoms with Gasteiger partial charge in [-0.05, 0) is 41.3 Å². The van der Waals surface area contributed by atoms with E-state index in [1.807, 2.05) is 6.07 Å². The summed E-state index contributed by atoms with van der Waals surface area (Å²) in [5.74, 6) is -1.10. The van der Waals surface area contributed by atoms with Crippen LogP contribution in [0.2, 0.25) is 0 Å². The van der Waals surface area contributed by atoms with E-state index >= 15 is 0 Å². The number of carbonyl (C=O) groups excluding carboxylic acids is 4. The Labute approximate surface area is 204 Å². The fourth-order valence-electron chi connectivity index (χ4n) is 4.38. The van der Waals surface area contributed by atoms with E-state index in [1.165, 1.54) is 16.2 Å². The molecule has 1 atom stereocenters. The molecule has 2 aromatic carbocycles. The van der Waals surface area contributed by atoms with Gasteiger partial charge < -0.3 is 15.3 Å². The Kier molecular flexibility index (Phi) is 6.04. The molecule has 0 radical (unpaired) electrons. The second-order valence-electron chi connectivity index (χ2n) is 8.59. The van der Waals surface area contributed by atoms with Crippen molar-refractivity contribution in [2.24, 2.45) is 0 Å². The molecule has 1 aromatic heterocycles. The van der Waals surface area contributed by atoms with E-state index in [9.17, 15) is 24.3 Å². The quantitative estimate of drug-likeness (QED) is 0.455. The Hall–Kier alpha value is -4.05. The lowest BCUT2D eigenvalue weighted by molar-refractivity contribution is -0.137. The smallest absolute Gasteiger partial charge is 0.255 e. The highest BCUT2D eigenvalue weighted by Gasteiger charge is 2.39. The second-order valence-corrected chi connectivity index (χ2v) is 9.71. The second kappa shape index (κ2) is 9.30. The summed E-state index contributed by atoms with van der Waals surface area (Å²) in [5, 5.41) is 15.2. The van der Waals surface area contributed by atoms with Crippen molar-refractivity contribution in [3.63, 3.8) is 0 Å². The fraction of sp³-hybridized carbons (Fsp3) is 0.240. The molecule has 0 saturated carbocycles. The fourth-order valence-corrected chi connectivity index (χ4v) is 5.24. The molecule has 2 aliphatic rings. The van der Waals surface area contributed by atoms with Crippen molar-refractivity contribution < 1.29 is 24.3 Å². The lowest BCUT2D eigenvalue weighted by Gasteiger charge is -2.29. The van der Waals surface area contributed by atoms with Gasteiger partial charge in [-0.1, -0.05) is 24.3 Å². The number of anilines is 1. The van der Waals surface area contributed by atoms with Crippen LogP contribution in [0.1, 0.15) is 44.8 Å². The zero-order chi connectivity index (χ0) is 24.5. The van der Waals surface area contributed by atoms with E-state index in [0.717, 1.165) is 16.0 Å². The van der Waals surface area contributed by atoms with Crippen LogP contribution in [0.15, 0.2) is 48.7 Å². The van der Waals surface area contributed by atoms with E-state index < -0.39 is 11.9 Å². The van der Waals surface area contributed by atoms with E-state index in [2.05, 4.69) is 15.6 Å². The maximum atomic E-state index is 13.0. The van der Waals surface area contributed by atoms with Crippen LogP contribution in [-0.4, -0.2) is 44.7 Å². The molecule has 0 bridgehead atoms. The van der Waals surface area contributed by atoms with E-state index in [1.54, 1.807) is 42.6 Å². The Balaban J connectivity index is 1.21. The van der Waals surface area contributed by atoms with Crippen LogP contribution in [0.5, 0.6) is 5.75 Å². The highest BCUT2D eigenvalue weighted by molar-refractivity contribution is 7.15. The number of piperidine rings is 1. The minimum absolute atomic E-state index is 0.0699. The number of aromatic nitrogens is 1. The number of hydrogen-bond acceptors (Lipinski definition) is 7. The predicted octanol–water partition coefficient (Wildman–Crippen LogP) is 2.38. The number of rotatable bonds is 6. The van der Waals surface area contributed by atoms with Gasteiger partial charge in [0.1, 0.15) is 11.8 Å². The average Bonchev–Trinajstić information content (AvgIpc) is 3.37. The largest absolute Gasteiger partial charge is 0.508 e. The molecule has 4 amide bonds. The van der Waals surface area contributed by atoms with Gasteiger partial charge in [-0.3, -0.25) is 24.5 Å². The summed E-state index contributed by atoms with van der Waals surface area (Å²) in [7, 11) is 0. The normalized spacial score (nSPS) is 17.3. The van der Waals surface area contributed by atoms with Crippen molar-refractivity contribution in [1.29, 1.82) is 0 Å². The molecule has 9 nitrogen and oxygen atoms in total. The number of nitrogens with one attached hydrogen (secondary N) is 2. The molecular weight excluding hydrogens is 468 g/mol. The van der Waals surface area contributed by atoms with Gasteiger partial charge in [0.2, 0.25) is 17.7 Å². The van der Waals surface area contributed by atoms with Gasteiger partial charge >= 0.3 is 0 Å². The zero-order valence-electron chi connectivity index (χ0n) is 18.6. The number of amides is 4. The van der Waals surface area contributed by atoms with Crippen molar-refractivity contribution >= 4 is 40.1 Å². The molecule has 3 N–H and O–H groups in total. The van der Waals surface area contributed by atoms with Gasteiger partial charge in [-0.2, -0.15) is 0 Å². The number of fused-ring (bicyclic) bond motifs is 1. The van der Waals surface area contributed by atoms with Crippen LogP contribution in [0.4, 0.5) is 5.13 Å². The van der Waals surface area contributed by atoms with Gasteiger partial charge in [0.05, 0.1) is 6.42 Å². The first kappa shape index (κ1) is 22.7. The van der Waals surface area contributed by atoms with Gasteiger partial charge in [0.25, 0.3) is 5.91 Å². The van der Waals surface area contributed by atoms with Gasteiger partial charge in [-0.25, -0.2) is 4.98 Å². The summed E-state index contributed by atoms with van der Waals surface area (Å²) in [6, 6.07) is 11.6. The Bertz CT molecular complexity index is 1350. The van der Waals surface area contributed by atoms with Gasteiger partial charge in [0.15, 0.2) is 5.13 Å². The molecular formula is C25H22N4O5S. The van der Waals surface area contributed by atoms with Crippen LogP contribution >= 0.6 is 11.3 Å². The molecule has 10 heteroatoms. The third-order valence-corrected chi connectivity index (χ3v) is 6.96. The molecule has 5 rings (SSSR count). The molecule has 35 heavy (non-hydrogen) atoms. The SMILES string of the molecule is O=C1CCC(N2Cc3ccc(CC(=O)Nc4ncc(Cc5cccc(O)c5)s4)cc3C2=O)C(=O)N1. The first-order valence-corrected chi connectivity index (χ1v) is 12.0. The first-order valence-electron chi connectivity index (χ1n) is 11.1. The summed E-state index contributed by atoms with van der Waals surface area (Å²) in [5.41, 5.74) is 2.89. The highest BCUT2D eigenvalue weighted by atomic mass is 32.1. The monoisotopic (exact) mass is 490 g/mol. The summed E-state index contributed by atoms with van der Waals surface area (Å²) in [4.78, 5) is 55.9. The van der Waals surface area contributed by atoms with Crippen LogP contribution < -0.4 is 10.6 Å². The summed E-state index contributed by atoms with van der Waals surface area (Å²) < 4.78 is 0. The number of phenolic OH excluding ortho intramolecular Hbond substituents is 1. The van der Waals surface area contributed by atoms with Crippen LogP contribution in [0, 0.1) is 0 Å². The standard InChI is InChI=1S/C25H22N4O5S/c30-17-3-1-2-14(8-17)9-18-12-26-25(35-18)28-22(32)11-15-4-5-16-13-29(24(34)19(16)10-15)20-6-7-21(31)27-23(20)33/h1-5,8,10,12,20,30H,6-7,9,11,13H2,(H,26,28,32)(H,27,31,33). The van der Waals surface area contributed by atoms with Crippen molar-refractivity contribution in [3.8, 4) is 5.75 Å². The number of nitrogens with zero attached hydrogens (tertiary/aromatic N) is 2. The number of aromatic hydroxyl groups is 1. The average molecular weight is 491 g/mol. The Morgan fingerprint density at radius 1 is 1.17 bits per heavy atom. The predicted molar refractivity (Wildman–Crippen MR) is 128 cm³/mol. The lowest BCUT2D eigenvalue weighted by Crippen LogP contribution is -2.52. The van der Waals surface area contributed by atoms with E-state index in [4.69, 9.17) is 0 Å². The Morgan fingerprint density at radius 2 is 2.03 bits per heavy atom. The Morgan fingerprint density at radius 3 is 2.83 bits per heavy atom. The number of hydrogen-bond donors (Lipinski definition) is 3. The van der Waals surface area contributed by atoms with Gasteiger partial charge in [0, 0.05) is 36.0 Å². The maximum Gasteiger partial charge on any atom is 0.255 e. The van der Waals surface area contributed by atoms with Crippen LogP contribution in [0.3, 0.4) is 0 Å². The summed E-state index contributed by atoms with van der Waals surface area (Å²) in [6.45, 7) is 0.300. The molecule has 0 aliphatic carbocycles. The van der Waals surface area contributed by atoms with Crippen LogP contribution in [-0.2, 0) is 33.8 Å². The summed E-state index contributed by atoms with van der Waals surface area (Å²) >= 11 is 1.36. The molecule has 1 unspecified atom stereocenters. The van der Waals surface area contributed by atoms with Crippen molar-refractivity contribution in [2.75, 3.05) is 5.32 Å². The first-order chi connectivity index (χ1) is 16.9. The highest BCUT2D eigenvalue weighted by Crippen LogP contribution is 2.29. The van der Waals surface area contributed by atoms with Crippen molar-refractivity contribution in [2.45, 2.75) is 38.3 Å². The van der Waals surface area contributed by atoms with Crippen LogP contribution in [0.25, 0.3) is 0 Å². The third-order valence-electron chi connectivity index (χ3n) is 6.05. The van der Waals surface area contributed by atoms with Crippen molar-refractivity contribution in [1.82, 2.24) is 15.2 Å². The number of benzene rings is 2.